The molecule has 0 aliphatic heterocycles. The van der Waals surface area contributed by atoms with Crippen LogP contribution in [0.1, 0.15) is 6.42 Å². The first kappa shape index (κ1) is 24.5. The van der Waals surface area contributed by atoms with Gasteiger partial charge in [-0.1, -0.05) is 17.4 Å². The number of anilines is 1. The summed E-state index contributed by atoms with van der Waals surface area (Å²) >= 11 is 2.32. The lowest BCUT2D eigenvalue weighted by Crippen LogP contribution is -2.21. The number of rotatable bonds is 6. The first-order chi connectivity index (χ1) is 14.4. The number of aliphatic carboxylic acids is 1. The largest absolute Gasteiger partial charge is 0.490 e. The minimum Gasteiger partial charge on any atom is -0.475 e. The van der Waals surface area contributed by atoms with E-state index in [0.29, 0.717) is 15.3 Å². The molecule has 168 valence electrons. The number of carboxylic acids is 1. The van der Waals surface area contributed by atoms with Crippen molar-refractivity contribution in [3.63, 3.8) is 0 Å². The van der Waals surface area contributed by atoms with E-state index in [2.05, 4.69) is 10.3 Å². The summed E-state index contributed by atoms with van der Waals surface area (Å²) in [6, 6.07) is 7.87. The summed E-state index contributed by atoms with van der Waals surface area (Å²) in [4.78, 5) is 24.7. The fourth-order valence-electron chi connectivity index (χ4n) is 1.90. The average Bonchev–Trinajstić information content (AvgIpc) is 3.30. The van der Waals surface area contributed by atoms with Crippen LogP contribution in [0.5, 0.6) is 5.75 Å². The van der Waals surface area contributed by atoms with Crippen LogP contribution >= 0.6 is 22.7 Å². The first-order valence-electron chi connectivity index (χ1n) is 8.11. The maximum Gasteiger partial charge on any atom is 0.490 e. The van der Waals surface area contributed by atoms with E-state index in [9.17, 15) is 26.4 Å². The zero-order valence-electron chi connectivity index (χ0n) is 15.2. The second-order valence-corrected chi connectivity index (χ2v) is 9.26. The Labute approximate surface area is 181 Å². The summed E-state index contributed by atoms with van der Waals surface area (Å²) in [7, 11) is -3.84. The van der Waals surface area contributed by atoms with Gasteiger partial charge in [-0.25, -0.2) is 9.78 Å². The lowest BCUT2D eigenvalue weighted by molar-refractivity contribution is -0.192. The predicted molar refractivity (Wildman–Crippen MR) is 108 cm³/mol. The van der Waals surface area contributed by atoms with E-state index >= 15 is 0 Å². The van der Waals surface area contributed by atoms with Gasteiger partial charge in [0.05, 0.1) is 10.2 Å². The third kappa shape index (κ3) is 7.16. The fraction of sp³-hybridized carbons (Fsp3) is 0.188. The molecular weight excluding hydrogens is 483 g/mol. The predicted octanol–water partition coefficient (Wildman–Crippen LogP) is 3.05. The van der Waals surface area contributed by atoms with Crippen LogP contribution in [0.3, 0.4) is 0 Å². The van der Waals surface area contributed by atoms with Crippen molar-refractivity contribution in [3.05, 3.63) is 35.7 Å². The number of alkyl halides is 3. The third-order valence-corrected chi connectivity index (χ3v) is 6.70. The first-order valence-corrected chi connectivity index (χ1v) is 11.2. The molecule has 9 nitrogen and oxygen atoms in total. The quantitative estimate of drug-likeness (QED) is 0.440. The molecule has 2 heterocycles. The topological polar surface area (TPSA) is 149 Å². The van der Waals surface area contributed by atoms with Crippen LogP contribution in [0.2, 0.25) is 0 Å². The van der Waals surface area contributed by atoms with E-state index in [1.54, 1.807) is 23.6 Å². The van der Waals surface area contributed by atoms with E-state index in [4.69, 9.17) is 19.8 Å². The molecule has 0 fully saturated rings. The van der Waals surface area contributed by atoms with Gasteiger partial charge in [-0.2, -0.15) is 21.6 Å². The van der Waals surface area contributed by atoms with Gasteiger partial charge in [0, 0.05) is 19.0 Å². The van der Waals surface area contributed by atoms with E-state index in [1.165, 1.54) is 23.5 Å². The van der Waals surface area contributed by atoms with Crippen LogP contribution in [0.15, 0.2) is 39.9 Å². The SMILES string of the molecule is NCCC(=O)Nc1nc2ccc(OS(=O)(=O)c3cccs3)cc2s1.O=C(O)C(F)(F)F. The van der Waals surface area contributed by atoms with E-state index < -0.39 is 22.3 Å². The van der Waals surface area contributed by atoms with Crippen LogP contribution in [0.4, 0.5) is 18.3 Å². The van der Waals surface area contributed by atoms with Gasteiger partial charge in [0.1, 0.15) is 5.75 Å². The van der Waals surface area contributed by atoms with Crippen molar-refractivity contribution in [1.82, 2.24) is 4.98 Å². The molecule has 3 rings (SSSR count). The van der Waals surface area contributed by atoms with Crippen molar-refractivity contribution in [1.29, 1.82) is 0 Å². The molecule has 0 aliphatic carbocycles. The monoisotopic (exact) mass is 497 g/mol. The van der Waals surface area contributed by atoms with Crippen molar-refractivity contribution >= 4 is 60.0 Å². The number of thiophene rings is 1. The van der Waals surface area contributed by atoms with E-state index in [-0.39, 0.29) is 28.8 Å². The second kappa shape index (κ2) is 10.0. The van der Waals surface area contributed by atoms with Crippen molar-refractivity contribution < 1.29 is 40.5 Å². The molecule has 0 atom stereocenters. The standard InChI is InChI=1S/C14H13N3O4S3.C2HF3O2/c15-6-5-12(18)17-14-16-10-4-3-9(8-11(10)23-14)21-24(19,20)13-2-1-7-22-13;3-2(4,5)1(6)7/h1-4,7-8H,5-6,15H2,(H,16,17,18);(H,6,7). The van der Waals surface area contributed by atoms with E-state index in [1.807, 2.05) is 0 Å². The molecule has 0 saturated carbocycles. The zero-order valence-corrected chi connectivity index (χ0v) is 17.7. The normalized spacial score (nSPS) is 11.5. The molecule has 15 heteroatoms. The highest BCUT2D eigenvalue weighted by Gasteiger charge is 2.38. The van der Waals surface area contributed by atoms with Gasteiger partial charge >= 0.3 is 22.3 Å². The summed E-state index contributed by atoms with van der Waals surface area (Å²) in [6.07, 6.45) is -4.87. The molecule has 0 saturated heterocycles. The van der Waals surface area contributed by atoms with Crippen molar-refractivity contribution in [3.8, 4) is 5.75 Å². The molecule has 31 heavy (non-hydrogen) atoms. The number of aromatic nitrogens is 1. The molecule has 0 bridgehead atoms. The fourth-order valence-corrected chi connectivity index (χ4v) is 4.68. The highest BCUT2D eigenvalue weighted by molar-refractivity contribution is 7.89. The van der Waals surface area contributed by atoms with Gasteiger partial charge in [0.15, 0.2) is 9.34 Å². The number of carbonyl (C=O) groups excluding carboxylic acids is 1. The van der Waals surface area contributed by atoms with Gasteiger partial charge in [0.25, 0.3) is 0 Å². The van der Waals surface area contributed by atoms with E-state index in [0.717, 1.165) is 11.3 Å². The number of nitrogens with one attached hydrogen (secondary N) is 1. The minimum absolute atomic E-state index is 0.140. The zero-order chi connectivity index (χ0) is 23.2. The minimum atomic E-state index is -5.08. The maximum absolute atomic E-state index is 12.1. The van der Waals surface area contributed by atoms with Gasteiger partial charge in [0.2, 0.25) is 5.91 Å². The molecule has 4 N–H and O–H groups in total. The number of carbonyl (C=O) groups is 2. The number of hydrogen-bond donors (Lipinski definition) is 3. The summed E-state index contributed by atoms with van der Waals surface area (Å²) in [6.45, 7) is 0.259. The van der Waals surface area contributed by atoms with Crippen molar-refractivity contribution in [2.24, 2.45) is 5.73 Å². The van der Waals surface area contributed by atoms with Crippen molar-refractivity contribution in [2.45, 2.75) is 16.8 Å². The molecule has 3 aromatic rings. The summed E-state index contributed by atoms with van der Waals surface area (Å²) in [5.41, 5.74) is 5.97. The lowest BCUT2D eigenvalue weighted by atomic mass is 10.3. The van der Waals surface area contributed by atoms with Crippen LogP contribution in [0.25, 0.3) is 10.2 Å². The highest BCUT2D eigenvalue weighted by Crippen LogP contribution is 2.31. The molecule has 1 amide bonds. The van der Waals surface area contributed by atoms with Crippen LogP contribution in [-0.2, 0) is 19.7 Å². The third-order valence-electron chi connectivity index (χ3n) is 3.17. The number of carboxylic acid groups (broad SMARTS) is 1. The molecule has 0 radical (unpaired) electrons. The number of fused-ring (bicyclic) bond motifs is 1. The number of thiazole rings is 1. The van der Waals surface area contributed by atoms with Crippen LogP contribution in [0, 0.1) is 0 Å². The Hall–Kier alpha value is -2.75. The number of hydrogen-bond acceptors (Lipinski definition) is 9. The molecule has 0 spiro atoms. The number of halogens is 3. The van der Waals surface area contributed by atoms with Gasteiger partial charge in [-0.05, 0) is 23.6 Å². The number of nitrogens with zero attached hydrogens (tertiary/aromatic N) is 1. The Balaban J connectivity index is 0.000000423. The smallest absolute Gasteiger partial charge is 0.475 e. The Morgan fingerprint density at radius 1 is 1.26 bits per heavy atom. The van der Waals surface area contributed by atoms with Crippen molar-refractivity contribution in [2.75, 3.05) is 11.9 Å². The number of nitrogens with two attached hydrogens (primary N) is 1. The van der Waals surface area contributed by atoms with Gasteiger partial charge in [-0.15, -0.1) is 11.3 Å². The molecule has 1 aromatic carbocycles. The molecule has 0 unspecified atom stereocenters. The average molecular weight is 497 g/mol. The van der Waals surface area contributed by atoms with Gasteiger partial charge in [-0.3, -0.25) is 4.79 Å². The Morgan fingerprint density at radius 2 is 1.94 bits per heavy atom. The second-order valence-electron chi connectivity index (χ2n) is 5.51. The molecule has 0 aliphatic rings. The summed E-state index contributed by atoms with van der Waals surface area (Å²) in [5, 5.41) is 11.9. The lowest BCUT2D eigenvalue weighted by Gasteiger charge is -2.04. The Bertz CT molecular complexity index is 1160. The molecular formula is C16H14F3N3O6S3. The Kier molecular flexibility index (Phi) is 7.94. The summed E-state index contributed by atoms with van der Waals surface area (Å²) in [5.74, 6) is -2.78. The summed E-state index contributed by atoms with van der Waals surface area (Å²) < 4.78 is 62.0. The maximum atomic E-state index is 12.1. The van der Waals surface area contributed by atoms with Gasteiger partial charge < -0.3 is 20.3 Å². The highest BCUT2D eigenvalue weighted by atomic mass is 32.3. The van der Waals surface area contributed by atoms with Crippen LogP contribution < -0.4 is 15.2 Å². The van der Waals surface area contributed by atoms with Crippen LogP contribution in [-0.4, -0.2) is 43.1 Å². The Morgan fingerprint density at radius 3 is 2.48 bits per heavy atom. The molecule has 2 aromatic heterocycles. The number of amides is 1. The number of benzene rings is 1.